The number of hydrogen-bond acceptors (Lipinski definition) is 4. The van der Waals surface area contributed by atoms with Gasteiger partial charge in [-0.15, -0.1) is 11.8 Å². The van der Waals surface area contributed by atoms with Crippen molar-refractivity contribution in [1.29, 1.82) is 0 Å². The third-order valence-corrected chi connectivity index (χ3v) is 5.17. The number of thioether (sulfide) groups is 1. The molecule has 0 aliphatic heterocycles. The number of halogens is 1. The lowest BCUT2D eigenvalue weighted by atomic mass is 10.1. The largest absolute Gasteiger partial charge is 0.390 e. The second-order valence-corrected chi connectivity index (χ2v) is 7.68. The Labute approximate surface area is 148 Å². The fourth-order valence-electron chi connectivity index (χ4n) is 1.96. The Bertz CT molecular complexity index is 228. The zero-order valence-corrected chi connectivity index (χ0v) is 16.4. The van der Waals surface area contributed by atoms with Crippen LogP contribution in [0.15, 0.2) is 0 Å². The van der Waals surface area contributed by atoms with Gasteiger partial charge in [0, 0.05) is 9.95 Å². The van der Waals surface area contributed by atoms with Crippen molar-refractivity contribution in [2.75, 3.05) is 12.4 Å². The van der Waals surface area contributed by atoms with Crippen molar-refractivity contribution in [3.8, 4) is 0 Å². The molecule has 0 aromatic heterocycles. The number of hydrogen-bond donors (Lipinski definition) is 1. The summed E-state index contributed by atoms with van der Waals surface area (Å²) < 4.78 is 5.89. The number of rotatable bonds is 14. The van der Waals surface area contributed by atoms with Gasteiger partial charge in [-0.3, -0.25) is 0 Å². The molecule has 1 atom stereocenters. The minimum absolute atomic E-state index is 0.383. The first-order chi connectivity index (χ1) is 9.70. The second-order valence-electron chi connectivity index (χ2n) is 5.19. The molecule has 1 unspecified atom stereocenters. The van der Waals surface area contributed by atoms with Crippen molar-refractivity contribution in [3.05, 3.63) is 0 Å². The molecule has 0 radical (unpaired) electrons. The van der Waals surface area contributed by atoms with Gasteiger partial charge >= 0.3 is 0 Å². The van der Waals surface area contributed by atoms with Crippen molar-refractivity contribution >= 4 is 51.2 Å². The average molecular weight is 432 g/mol. The highest BCUT2D eigenvalue weighted by atomic mass is 127. The second kappa shape index (κ2) is 16.5. The number of aliphatic hydroxyl groups is 1. The highest BCUT2D eigenvalue weighted by Crippen LogP contribution is 2.15. The summed E-state index contributed by atoms with van der Waals surface area (Å²) in [7, 11) is 0. The minimum Gasteiger partial charge on any atom is -0.390 e. The van der Waals surface area contributed by atoms with E-state index in [9.17, 15) is 5.11 Å². The van der Waals surface area contributed by atoms with Crippen molar-refractivity contribution in [1.82, 2.24) is 0 Å². The topological polar surface area (TPSA) is 29.5 Å². The summed E-state index contributed by atoms with van der Waals surface area (Å²) in [5.74, 6) is 0.652. The summed E-state index contributed by atoms with van der Waals surface area (Å²) >= 11 is 8.72. The molecule has 0 aliphatic carbocycles. The Morgan fingerprint density at radius 3 is 2.20 bits per heavy atom. The van der Waals surface area contributed by atoms with E-state index in [1.807, 2.05) is 0 Å². The molecule has 0 amide bonds. The molecule has 120 valence electrons. The molecule has 0 aliphatic rings. The number of unbranched alkanes of at least 4 members (excludes halogenated alkanes) is 8. The first kappa shape index (κ1) is 21.1. The Balaban J connectivity index is 3.23. The van der Waals surface area contributed by atoms with Gasteiger partial charge in [0.15, 0.2) is 0 Å². The Morgan fingerprint density at radius 2 is 1.65 bits per heavy atom. The van der Waals surface area contributed by atoms with E-state index in [4.69, 9.17) is 15.3 Å². The van der Waals surface area contributed by atoms with Crippen LogP contribution in [0.1, 0.15) is 71.1 Å². The average Bonchev–Trinajstić information content (AvgIpc) is 2.43. The van der Waals surface area contributed by atoms with Crippen LogP contribution in [0.3, 0.4) is 0 Å². The lowest BCUT2D eigenvalue weighted by Gasteiger charge is -2.08. The zero-order valence-electron chi connectivity index (χ0n) is 12.6. The fraction of sp³-hybridized carbons (Fsp3) is 0.933. The van der Waals surface area contributed by atoms with Crippen LogP contribution in [0.2, 0.25) is 0 Å². The molecular weight excluding hydrogens is 403 g/mol. The zero-order chi connectivity index (χ0) is 15.1. The Hall–Kier alpha value is 1.09. The van der Waals surface area contributed by atoms with E-state index in [0.29, 0.717) is 12.4 Å². The molecule has 20 heavy (non-hydrogen) atoms. The number of thiocarbonyl (C=S) groups is 1. The van der Waals surface area contributed by atoms with E-state index in [1.54, 1.807) is 34.8 Å². The van der Waals surface area contributed by atoms with Gasteiger partial charge in [-0.05, 0) is 12.8 Å². The highest BCUT2D eigenvalue weighted by Gasteiger charge is 2.06. The van der Waals surface area contributed by atoms with Crippen LogP contribution in [0.4, 0.5) is 0 Å². The first-order valence-corrected chi connectivity index (χ1v) is 10.0. The van der Waals surface area contributed by atoms with Crippen LogP contribution < -0.4 is 0 Å². The minimum atomic E-state index is -0.405. The summed E-state index contributed by atoms with van der Waals surface area (Å²) in [5, 5.41) is 9.52. The monoisotopic (exact) mass is 432 g/mol. The molecule has 0 saturated heterocycles. The molecule has 0 rings (SSSR count). The maximum absolute atomic E-state index is 9.52. The molecule has 0 saturated carbocycles. The van der Waals surface area contributed by atoms with Gasteiger partial charge in [0.05, 0.1) is 12.7 Å². The summed E-state index contributed by atoms with van der Waals surface area (Å²) in [5.41, 5.74) is 0. The van der Waals surface area contributed by atoms with Crippen LogP contribution in [-0.2, 0) is 3.07 Å². The van der Waals surface area contributed by atoms with Gasteiger partial charge in [0.2, 0.25) is 0 Å². The van der Waals surface area contributed by atoms with E-state index in [2.05, 4.69) is 6.92 Å². The molecule has 0 heterocycles. The van der Waals surface area contributed by atoms with Gasteiger partial charge < -0.3 is 8.17 Å². The first-order valence-electron chi connectivity index (χ1n) is 7.78. The maximum atomic E-state index is 9.52. The third kappa shape index (κ3) is 15.5. The van der Waals surface area contributed by atoms with Crippen LogP contribution in [0.5, 0.6) is 0 Å². The Morgan fingerprint density at radius 1 is 1.10 bits per heavy atom. The molecule has 2 nitrogen and oxygen atoms in total. The van der Waals surface area contributed by atoms with E-state index in [0.717, 1.165) is 10.6 Å². The Kier molecular flexibility index (Phi) is 17.4. The lowest BCUT2D eigenvalue weighted by Crippen LogP contribution is -2.16. The summed E-state index contributed by atoms with van der Waals surface area (Å²) in [6.07, 6.45) is 12.7. The van der Waals surface area contributed by atoms with E-state index < -0.39 is 6.10 Å². The maximum Gasteiger partial charge on any atom is 0.109 e. The van der Waals surface area contributed by atoms with Crippen LogP contribution in [-0.4, -0.2) is 27.8 Å². The SMILES string of the molecule is CCCCCCCCCCCC(=S)SCC(O)COI. The fourth-order valence-corrected chi connectivity index (χ4v) is 3.49. The van der Waals surface area contributed by atoms with Gasteiger partial charge in [-0.1, -0.05) is 70.5 Å². The molecule has 5 heteroatoms. The molecule has 1 N–H and O–H groups in total. The van der Waals surface area contributed by atoms with Crippen molar-refractivity contribution in [3.63, 3.8) is 0 Å². The van der Waals surface area contributed by atoms with Gasteiger partial charge in [0.25, 0.3) is 0 Å². The molecule has 0 bridgehead atoms. The highest BCUT2D eigenvalue weighted by molar-refractivity contribution is 14.1. The molecule has 0 aromatic rings. The van der Waals surface area contributed by atoms with Gasteiger partial charge in [0.1, 0.15) is 23.0 Å². The normalized spacial score (nSPS) is 12.6. The quantitative estimate of drug-likeness (QED) is 0.217. The predicted molar refractivity (Wildman–Crippen MR) is 103 cm³/mol. The van der Waals surface area contributed by atoms with Crippen molar-refractivity contribution < 1.29 is 8.17 Å². The predicted octanol–water partition coefficient (Wildman–Crippen LogP) is 5.70. The van der Waals surface area contributed by atoms with E-state index in [-0.39, 0.29) is 0 Å². The standard InChI is InChI=1S/C15H29IO2S2/c1-2-3-4-5-6-7-8-9-10-11-15(19)20-13-14(17)12-18-16/h14,17H,2-13H2,1H3. The van der Waals surface area contributed by atoms with Gasteiger partial charge in [-0.25, -0.2) is 0 Å². The number of aliphatic hydroxyl groups excluding tert-OH is 1. The van der Waals surface area contributed by atoms with Crippen LogP contribution >= 0.6 is 47.0 Å². The van der Waals surface area contributed by atoms with Gasteiger partial charge in [-0.2, -0.15) is 0 Å². The van der Waals surface area contributed by atoms with E-state index >= 15 is 0 Å². The lowest BCUT2D eigenvalue weighted by molar-refractivity contribution is 0.150. The van der Waals surface area contributed by atoms with Crippen molar-refractivity contribution in [2.45, 2.75) is 77.2 Å². The van der Waals surface area contributed by atoms with Crippen LogP contribution in [0.25, 0.3) is 0 Å². The van der Waals surface area contributed by atoms with Crippen LogP contribution in [0, 0.1) is 0 Å². The summed E-state index contributed by atoms with van der Waals surface area (Å²) in [6.45, 7) is 2.64. The molecule has 0 spiro atoms. The molecule has 0 aromatic carbocycles. The van der Waals surface area contributed by atoms with E-state index in [1.165, 1.54) is 57.8 Å². The molecule has 0 fully saturated rings. The smallest absolute Gasteiger partial charge is 0.109 e. The summed E-state index contributed by atoms with van der Waals surface area (Å²) in [4.78, 5) is 0. The third-order valence-electron chi connectivity index (χ3n) is 3.18. The summed E-state index contributed by atoms with van der Waals surface area (Å²) in [6, 6.07) is 0. The molecular formula is C15H29IO2S2. The van der Waals surface area contributed by atoms with Crippen molar-refractivity contribution in [2.24, 2.45) is 0 Å².